The molecule has 0 bridgehead atoms. The quantitative estimate of drug-likeness (QED) is 0.780. The molecule has 1 aliphatic heterocycles. The van der Waals surface area contributed by atoms with Gasteiger partial charge in [0.2, 0.25) is 5.91 Å². The number of aromatic nitrogens is 1. The first kappa shape index (κ1) is 18.6. The smallest absolute Gasteiger partial charge is 0.311 e. The lowest BCUT2D eigenvalue weighted by Crippen LogP contribution is -2.30. The lowest BCUT2D eigenvalue weighted by Gasteiger charge is -2.25. The summed E-state index contributed by atoms with van der Waals surface area (Å²) < 4.78 is 9.90. The van der Waals surface area contributed by atoms with E-state index in [2.05, 4.69) is 10.5 Å². The predicted molar refractivity (Wildman–Crippen MR) is 95.5 cm³/mol. The maximum absolute atomic E-state index is 12.3. The van der Waals surface area contributed by atoms with Crippen molar-refractivity contribution in [2.24, 2.45) is 5.92 Å². The van der Waals surface area contributed by atoms with Crippen LogP contribution < -0.4 is 5.32 Å². The van der Waals surface area contributed by atoms with E-state index in [0.29, 0.717) is 5.76 Å². The molecule has 142 valence electrons. The largest absolute Gasteiger partial charge is 0.455 e. The number of anilines is 1. The second-order valence-corrected chi connectivity index (χ2v) is 6.51. The summed E-state index contributed by atoms with van der Waals surface area (Å²) in [5, 5.41) is 6.10. The Morgan fingerprint density at radius 1 is 1.37 bits per heavy atom. The summed E-state index contributed by atoms with van der Waals surface area (Å²) in [5.74, 6) is -0.943. The summed E-state index contributed by atoms with van der Waals surface area (Å²) in [6, 6.07) is 11.0. The van der Waals surface area contributed by atoms with Crippen LogP contribution in [0.5, 0.6) is 0 Å². The fourth-order valence-corrected chi connectivity index (χ4v) is 3.03. The number of esters is 1. The van der Waals surface area contributed by atoms with E-state index >= 15 is 0 Å². The number of carbonyl (C=O) groups is 3. The zero-order valence-electron chi connectivity index (χ0n) is 15.2. The molecule has 1 saturated heterocycles. The molecule has 8 heteroatoms. The van der Waals surface area contributed by atoms with Gasteiger partial charge in [-0.2, -0.15) is 0 Å². The number of carbonyl (C=O) groups excluding carboxylic acids is 3. The number of aryl methyl sites for hydroxylation is 1. The van der Waals surface area contributed by atoms with E-state index in [0.717, 1.165) is 5.56 Å². The molecule has 1 aromatic carbocycles. The first-order valence-corrected chi connectivity index (χ1v) is 8.68. The van der Waals surface area contributed by atoms with E-state index in [9.17, 15) is 14.4 Å². The number of ether oxygens (including phenoxy) is 1. The molecule has 0 unspecified atom stereocenters. The molecule has 2 aromatic rings. The number of benzene rings is 1. The molecule has 1 aromatic heterocycles. The third-order valence-electron chi connectivity index (χ3n) is 4.48. The molecule has 1 fully saturated rings. The maximum Gasteiger partial charge on any atom is 0.311 e. The Hall–Kier alpha value is -3.16. The second-order valence-electron chi connectivity index (χ2n) is 6.51. The number of likely N-dealkylation sites (tertiary alicyclic amines) is 1. The molecule has 1 aliphatic rings. The van der Waals surface area contributed by atoms with Crippen molar-refractivity contribution in [3.63, 3.8) is 0 Å². The Bertz CT molecular complexity index is 833. The standard InChI is InChI=1S/C19H21N3O5/c1-12-8-16(21-27-12)20-17(23)11-26-19(25)15-9-18(24)22(10-15)13(2)14-6-4-3-5-7-14/h3-8,13,15H,9-11H2,1-2H3,(H,20,21,23)/t13-,15+/m1/s1. The number of rotatable bonds is 6. The summed E-state index contributed by atoms with van der Waals surface area (Å²) in [6.07, 6.45) is 0.0834. The van der Waals surface area contributed by atoms with Crippen LogP contribution in [0, 0.1) is 12.8 Å². The van der Waals surface area contributed by atoms with E-state index in [-0.39, 0.29) is 30.7 Å². The van der Waals surface area contributed by atoms with Crippen LogP contribution in [0.1, 0.15) is 30.7 Å². The minimum absolute atomic E-state index is 0.0834. The van der Waals surface area contributed by atoms with Crippen molar-refractivity contribution in [2.75, 3.05) is 18.5 Å². The van der Waals surface area contributed by atoms with Gasteiger partial charge in [0.05, 0.1) is 12.0 Å². The lowest BCUT2D eigenvalue weighted by molar-refractivity contribution is -0.151. The van der Waals surface area contributed by atoms with Crippen LogP contribution in [0.15, 0.2) is 40.9 Å². The van der Waals surface area contributed by atoms with Gasteiger partial charge < -0.3 is 19.5 Å². The van der Waals surface area contributed by atoms with Crippen LogP contribution in [-0.4, -0.2) is 41.0 Å². The molecule has 27 heavy (non-hydrogen) atoms. The zero-order valence-corrected chi connectivity index (χ0v) is 15.2. The van der Waals surface area contributed by atoms with Gasteiger partial charge in [-0.3, -0.25) is 14.4 Å². The van der Waals surface area contributed by atoms with Crippen molar-refractivity contribution in [1.29, 1.82) is 0 Å². The Kier molecular flexibility index (Phi) is 5.54. The van der Waals surface area contributed by atoms with Gasteiger partial charge in [0, 0.05) is 19.0 Å². The van der Waals surface area contributed by atoms with Crippen molar-refractivity contribution in [2.45, 2.75) is 26.3 Å². The summed E-state index contributed by atoms with van der Waals surface area (Å²) >= 11 is 0. The molecule has 8 nitrogen and oxygen atoms in total. The predicted octanol–water partition coefficient (Wildman–Crippen LogP) is 2.07. The van der Waals surface area contributed by atoms with Crippen molar-refractivity contribution < 1.29 is 23.6 Å². The Balaban J connectivity index is 1.50. The Morgan fingerprint density at radius 3 is 2.78 bits per heavy atom. The van der Waals surface area contributed by atoms with Crippen molar-refractivity contribution in [1.82, 2.24) is 10.1 Å². The van der Waals surface area contributed by atoms with Crippen molar-refractivity contribution in [3.8, 4) is 0 Å². The van der Waals surface area contributed by atoms with Crippen LogP contribution in [0.4, 0.5) is 5.82 Å². The van der Waals surface area contributed by atoms with E-state index in [1.54, 1.807) is 17.9 Å². The first-order valence-electron chi connectivity index (χ1n) is 8.68. The van der Waals surface area contributed by atoms with Crippen LogP contribution in [0.3, 0.4) is 0 Å². The van der Waals surface area contributed by atoms with Crippen LogP contribution >= 0.6 is 0 Å². The van der Waals surface area contributed by atoms with Crippen LogP contribution in [-0.2, 0) is 19.1 Å². The molecule has 3 rings (SSSR count). The van der Waals surface area contributed by atoms with E-state index in [1.807, 2.05) is 37.3 Å². The highest BCUT2D eigenvalue weighted by Gasteiger charge is 2.38. The molecular formula is C19H21N3O5. The van der Waals surface area contributed by atoms with Gasteiger partial charge in [0.15, 0.2) is 12.4 Å². The number of amides is 2. The van der Waals surface area contributed by atoms with Gasteiger partial charge in [-0.1, -0.05) is 35.5 Å². The highest BCUT2D eigenvalue weighted by molar-refractivity contribution is 5.93. The second kappa shape index (κ2) is 8.03. The molecule has 2 heterocycles. The average Bonchev–Trinajstić information content (AvgIpc) is 3.25. The van der Waals surface area contributed by atoms with Gasteiger partial charge >= 0.3 is 5.97 Å². The summed E-state index contributed by atoms with van der Waals surface area (Å²) in [6.45, 7) is 3.46. The molecule has 2 atom stereocenters. The fraction of sp³-hybridized carbons (Fsp3) is 0.368. The van der Waals surface area contributed by atoms with Crippen LogP contribution in [0.25, 0.3) is 0 Å². The topological polar surface area (TPSA) is 102 Å². The Labute approximate surface area is 156 Å². The van der Waals surface area contributed by atoms with E-state index < -0.39 is 24.4 Å². The van der Waals surface area contributed by atoms with Crippen LogP contribution in [0.2, 0.25) is 0 Å². The number of nitrogens with one attached hydrogen (secondary N) is 1. The highest BCUT2D eigenvalue weighted by Crippen LogP contribution is 2.28. The summed E-state index contributed by atoms with van der Waals surface area (Å²) in [5.41, 5.74) is 1.00. The van der Waals surface area contributed by atoms with E-state index in [4.69, 9.17) is 9.26 Å². The molecule has 0 saturated carbocycles. The van der Waals surface area contributed by atoms with Gasteiger partial charge in [0.25, 0.3) is 5.91 Å². The molecule has 0 radical (unpaired) electrons. The minimum atomic E-state index is -0.578. The molecule has 0 aliphatic carbocycles. The van der Waals surface area contributed by atoms with Gasteiger partial charge in [-0.05, 0) is 19.4 Å². The third-order valence-corrected chi connectivity index (χ3v) is 4.48. The summed E-state index contributed by atoms with van der Waals surface area (Å²) in [7, 11) is 0. The SMILES string of the molecule is Cc1cc(NC(=O)COC(=O)[C@H]2CC(=O)N([C@H](C)c3ccccc3)C2)no1. The van der Waals surface area contributed by atoms with Crippen molar-refractivity contribution >= 4 is 23.6 Å². The minimum Gasteiger partial charge on any atom is -0.455 e. The number of hydrogen-bond acceptors (Lipinski definition) is 6. The van der Waals surface area contributed by atoms with Crippen molar-refractivity contribution in [3.05, 3.63) is 47.7 Å². The highest BCUT2D eigenvalue weighted by atomic mass is 16.5. The fourth-order valence-electron chi connectivity index (χ4n) is 3.03. The molecule has 1 N–H and O–H groups in total. The molecular weight excluding hydrogens is 350 g/mol. The zero-order chi connectivity index (χ0) is 19.4. The monoisotopic (exact) mass is 371 g/mol. The molecule has 0 spiro atoms. The lowest BCUT2D eigenvalue weighted by atomic mass is 10.1. The maximum atomic E-state index is 12.3. The number of nitrogens with zero attached hydrogens (tertiary/aromatic N) is 2. The third kappa shape index (κ3) is 4.52. The van der Waals surface area contributed by atoms with Gasteiger partial charge in [0.1, 0.15) is 5.76 Å². The van der Waals surface area contributed by atoms with E-state index in [1.165, 1.54) is 0 Å². The molecule has 2 amide bonds. The summed E-state index contributed by atoms with van der Waals surface area (Å²) in [4.78, 5) is 38.0. The van der Waals surface area contributed by atoms with Gasteiger partial charge in [-0.15, -0.1) is 0 Å². The van der Waals surface area contributed by atoms with Gasteiger partial charge in [-0.25, -0.2) is 0 Å². The first-order chi connectivity index (χ1) is 12.9. The normalized spacial score (nSPS) is 17.6. The Morgan fingerprint density at radius 2 is 2.11 bits per heavy atom. The average molecular weight is 371 g/mol. The number of hydrogen-bond donors (Lipinski definition) is 1.